The molecule has 1 saturated heterocycles. The van der Waals surface area contributed by atoms with E-state index in [0.29, 0.717) is 16.1 Å². The number of benzene rings is 2. The molecule has 1 atom stereocenters. The molecule has 0 spiro atoms. The summed E-state index contributed by atoms with van der Waals surface area (Å²) in [4.78, 5) is 26.4. The number of nitrogens with zero attached hydrogens (tertiary/aromatic N) is 1. The number of hydrogen-bond donors (Lipinski definition) is 1. The van der Waals surface area contributed by atoms with E-state index in [1.165, 1.54) is 4.90 Å². The summed E-state index contributed by atoms with van der Waals surface area (Å²) in [6, 6.07) is 14.9. The second-order valence-electron chi connectivity index (χ2n) is 5.66. The fraction of sp³-hybridized carbons (Fsp3) is 0.100. The zero-order valence-electron chi connectivity index (χ0n) is 13.4. The van der Waals surface area contributed by atoms with Gasteiger partial charge in [-0.25, -0.2) is 0 Å². The quantitative estimate of drug-likeness (QED) is 0.392. The molecule has 0 radical (unpaired) electrons. The van der Waals surface area contributed by atoms with Crippen LogP contribution in [0.3, 0.4) is 0 Å². The van der Waals surface area contributed by atoms with Crippen LogP contribution in [0.2, 0.25) is 5.02 Å². The van der Waals surface area contributed by atoms with Crippen molar-refractivity contribution in [2.24, 2.45) is 0 Å². The molecule has 0 saturated carbocycles. The molecule has 126 valence electrons. The Morgan fingerprint density at radius 1 is 1.12 bits per heavy atom. The molecule has 0 aromatic heterocycles. The third-order valence-electron chi connectivity index (χ3n) is 4.10. The van der Waals surface area contributed by atoms with Gasteiger partial charge >= 0.3 is 0 Å². The predicted octanol–water partition coefficient (Wildman–Crippen LogP) is 3.95. The van der Waals surface area contributed by atoms with Crippen molar-refractivity contribution in [2.45, 2.75) is 6.04 Å². The van der Waals surface area contributed by atoms with Crippen LogP contribution >= 0.6 is 11.6 Å². The molecule has 1 aliphatic heterocycles. The van der Waals surface area contributed by atoms with Crippen molar-refractivity contribution in [1.29, 1.82) is 0 Å². The highest BCUT2D eigenvalue weighted by molar-refractivity contribution is 6.46. The minimum atomic E-state index is -0.705. The van der Waals surface area contributed by atoms with Gasteiger partial charge in [-0.05, 0) is 17.7 Å². The normalized spacial score (nSPS) is 19.2. The van der Waals surface area contributed by atoms with E-state index in [-0.39, 0.29) is 17.9 Å². The van der Waals surface area contributed by atoms with E-state index in [1.54, 1.807) is 54.6 Å². The molecule has 1 fully saturated rings. The number of rotatable bonds is 4. The molecule has 2 aromatic carbocycles. The van der Waals surface area contributed by atoms with Crippen molar-refractivity contribution in [3.8, 4) is 0 Å². The lowest BCUT2D eigenvalue weighted by atomic mass is 9.95. The van der Waals surface area contributed by atoms with Crippen molar-refractivity contribution < 1.29 is 14.7 Å². The first-order valence-corrected chi connectivity index (χ1v) is 8.12. The molecule has 5 heteroatoms. The third kappa shape index (κ3) is 3.08. The Kier molecular flexibility index (Phi) is 4.72. The number of halogens is 1. The average Bonchev–Trinajstić information content (AvgIpc) is 2.88. The molecule has 1 N–H and O–H groups in total. The number of carbonyl (C=O) groups is 2. The van der Waals surface area contributed by atoms with Crippen molar-refractivity contribution in [1.82, 2.24) is 4.90 Å². The Labute approximate surface area is 150 Å². The minimum Gasteiger partial charge on any atom is -0.507 e. The van der Waals surface area contributed by atoms with Crippen LogP contribution in [0.15, 0.2) is 72.8 Å². The SMILES string of the molecule is C=CCN1C(=O)C(=O)/C(=C(/O)c2ccccc2)[C@H]1c1ccc(Cl)cc1. The zero-order chi connectivity index (χ0) is 18.0. The van der Waals surface area contributed by atoms with Gasteiger partial charge in [0.25, 0.3) is 11.7 Å². The van der Waals surface area contributed by atoms with Gasteiger partial charge in [-0.1, -0.05) is 60.1 Å². The number of ketones is 1. The number of carbonyl (C=O) groups excluding carboxylic acids is 2. The van der Waals surface area contributed by atoms with Crippen molar-refractivity contribution >= 4 is 29.1 Å². The maximum absolute atomic E-state index is 12.6. The number of aliphatic hydroxyl groups excluding tert-OH is 1. The lowest BCUT2D eigenvalue weighted by molar-refractivity contribution is -0.139. The zero-order valence-corrected chi connectivity index (χ0v) is 14.1. The van der Waals surface area contributed by atoms with Gasteiger partial charge in [0.15, 0.2) is 0 Å². The molecule has 0 aliphatic carbocycles. The number of Topliss-reactive ketones (excluding diaryl/α,β-unsaturated/α-hetero) is 1. The summed E-state index contributed by atoms with van der Waals surface area (Å²) in [6.07, 6.45) is 1.55. The van der Waals surface area contributed by atoms with Crippen LogP contribution in [0.4, 0.5) is 0 Å². The number of likely N-dealkylation sites (tertiary alicyclic amines) is 1. The summed E-state index contributed by atoms with van der Waals surface area (Å²) in [7, 11) is 0. The van der Waals surface area contributed by atoms with E-state index < -0.39 is 17.7 Å². The van der Waals surface area contributed by atoms with Crippen LogP contribution in [0.5, 0.6) is 0 Å². The van der Waals surface area contributed by atoms with E-state index in [9.17, 15) is 14.7 Å². The highest BCUT2D eigenvalue weighted by Crippen LogP contribution is 2.39. The summed E-state index contributed by atoms with van der Waals surface area (Å²) >= 11 is 5.94. The molecular weight excluding hydrogens is 338 g/mol. The van der Waals surface area contributed by atoms with Crippen LogP contribution in [0.25, 0.3) is 5.76 Å². The predicted molar refractivity (Wildman–Crippen MR) is 97.1 cm³/mol. The molecule has 2 aromatic rings. The van der Waals surface area contributed by atoms with Crippen LogP contribution in [0, 0.1) is 0 Å². The van der Waals surface area contributed by atoms with Crippen molar-refractivity contribution in [3.63, 3.8) is 0 Å². The Balaban J connectivity index is 2.19. The van der Waals surface area contributed by atoms with Crippen LogP contribution in [0.1, 0.15) is 17.2 Å². The number of aliphatic hydroxyl groups is 1. The second kappa shape index (κ2) is 6.95. The van der Waals surface area contributed by atoms with E-state index in [4.69, 9.17) is 11.6 Å². The highest BCUT2D eigenvalue weighted by Gasteiger charge is 2.45. The third-order valence-corrected chi connectivity index (χ3v) is 4.35. The first-order chi connectivity index (χ1) is 12.0. The van der Waals surface area contributed by atoms with E-state index in [0.717, 1.165) is 0 Å². The van der Waals surface area contributed by atoms with Crippen LogP contribution in [-0.2, 0) is 9.59 Å². The molecule has 1 heterocycles. The van der Waals surface area contributed by atoms with Gasteiger partial charge in [-0.3, -0.25) is 9.59 Å². The first kappa shape index (κ1) is 17.0. The van der Waals surface area contributed by atoms with Crippen molar-refractivity contribution in [2.75, 3.05) is 6.54 Å². The maximum Gasteiger partial charge on any atom is 0.295 e. The Morgan fingerprint density at radius 3 is 2.36 bits per heavy atom. The minimum absolute atomic E-state index is 0.0698. The maximum atomic E-state index is 12.6. The van der Waals surface area contributed by atoms with Gasteiger partial charge in [0.2, 0.25) is 0 Å². The van der Waals surface area contributed by atoms with Gasteiger partial charge in [0, 0.05) is 17.1 Å². The molecular formula is C20H16ClNO3. The lowest BCUT2D eigenvalue weighted by Gasteiger charge is -2.24. The van der Waals surface area contributed by atoms with Crippen molar-refractivity contribution in [3.05, 3.63) is 89.0 Å². The van der Waals surface area contributed by atoms with Gasteiger partial charge in [-0.15, -0.1) is 6.58 Å². The first-order valence-electron chi connectivity index (χ1n) is 7.74. The summed E-state index contributed by atoms with van der Waals surface area (Å²) in [5.41, 5.74) is 1.25. The van der Waals surface area contributed by atoms with Gasteiger partial charge in [-0.2, -0.15) is 0 Å². The van der Waals surface area contributed by atoms with Crippen LogP contribution < -0.4 is 0 Å². The molecule has 0 unspecified atom stereocenters. The molecule has 0 bridgehead atoms. The number of amides is 1. The number of hydrogen-bond acceptors (Lipinski definition) is 3. The monoisotopic (exact) mass is 353 g/mol. The Morgan fingerprint density at radius 2 is 1.76 bits per heavy atom. The Bertz CT molecular complexity index is 856. The fourth-order valence-electron chi connectivity index (χ4n) is 2.95. The smallest absolute Gasteiger partial charge is 0.295 e. The van der Waals surface area contributed by atoms with Crippen LogP contribution in [-0.4, -0.2) is 28.2 Å². The second-order valence-corrected chi connectivity index (χ2v) is 6.09. The topological polar surface area (TPSA) is 57.6 Å². The highest BCUT2D eigenvalue weighted by atomic mass is 35.5. The largest absolute Gasteiger partial charge is 0.507 e. The lowest BCUT2D eigenvalue weighted by Crippen LogP contribution is -2.29. The average molecular weight is 354 g/mol. The summed E-state index contributed by atoms with van der Waals surface area (Å²) < 4.78 is 0. The van der Waals surface area contributed by atoms with E-state index >= 15 is 0 Å². The molecule has 3 rings (SSSR count). The fourth-order valence-corrected chi connectivity index (χ4v) is 3.08. The van der Waals surface area contributed by atoms with Gasteiger partial charge in [0.05, 0.1) is 11.6 Å². The van der Waals surface area contributed by atoms with Gasteiger partial charge in [0.1, 0.15) is 5.76 Å². The van der Waals surface area contributed by atoms with E-state index in [2.05, 4.69) is 6.58 Å². The summed E-state index contributed by atoms with van der Waals surface area (Å²) in [5.74, 6) is -1.55. The summed E-state index contributed by atoms with van der Waals surface area (Å²) in [5, 5.41) is 11.3. The standard InChI is InChI=1S/C20H16ClNO3/c1-2-12-22-17(13-8-10-15(21)11-9-13)16(19(24)20(22)25)18(23)14-6-4-3-5-7-14/h2-11,17,23H,1,12H2/b18-16+/t17-/m1/s1. The summed E-state index contributed by atoms with van der Waals surface area (Å²) in [6.45, 7) is 3.85. The molecule has 4 nitrogen and oxygen atoms in total. The van der Waals surface area contributed by atoms with E-state index in [1.807, 2.05) is 6.07 Å². The molecule has 1 aliphatic rings. The molecule has 25 heavy (non-hydrogen) atoms. The Hall–Kier alpha value is -2.85. The molecule has 1 amide bonds. The van der Waals surface area contributed by atoms with Gasteiger partial charge < -0.3 is 10.0 Å².